The van der Waals surface area contributed by atoms with Crippen LogP contribution >= 0.6 is 23.2 Å². The van der Waals surface area contributed by atoms with Gasteiger partial charge in [0.05, 0.1) is 0 Å². The van der Waals surface area contributed by atoms with Gasteiger partial charge in [0.1, 0.15) is 11.5 Å². The number of carbonyl (C=O) groups excluding carboxylic acids is 2. The molecule has 0 aliphatic heterocycles. The lowest BCUT2D eigenvalue weighted by molar-refractivity contribution is 0.224. The quantitative estimate of drug-likeness (QED) is 0.549. The Morgan fingerprint density at radius 3 is 1.23 bits per heavy atom. The van der Waals surface area contributed by atoms with E-state index in [2.05, 4.69) is 0 Å². The van der Waals surface area contributed by atoms with Gasteiger partial charge in [-0.1, -0.05) is 24.3 Å². The summed E-state index contributed by atoms with van der Waals surface area (Å²) in [5.74, 6) is 1.92. The summed E-state index contributed by atoms with van der Waals surface area (Å²) in [4.78, 5) is 21.5. The molecule has 1 fully saturated rings. The van der Waals surface area contributed by atoms with Crippen LogP contribution in [-0.2, 0) is 0 Å². The van der Waals surface area contributed by atoms with Gasteiger partial charge in [0, 0.05) is 23.2 Å². The number of hydrogen-bond acceptors (Lipinski definition) is 4. The van der Waals surface area contributed by atoms with Gasteiger partial charge >= 0.3 is 10.9 Å². The SMILES string of the molecule is O=C(Cl)Oc1ccc(C2CCC(c3ccc(OC(=O)Cl)cc3)CC2)cc1. The highest BCUT2D eigenvalue weighted by atomic mass is 35.5. The molecule has 1 aliphatic carbocycles. The van der Waals surface area contributed by atoms with E-state index >= 15 is 0 Å². The molecular formula is C20H18Cl2O4. The molecule has 0 bridgehead atoms. The molecule has 26 heavy (non-hydrogen) atoms. The summed E-state index contributed by atoms with van der Waals surface area (Å²) in [5.41, 5.74) is 0.847. The van der Waals surface area contributed by atoms with Crippen molar-refractivity contribution >= 4 is 34.1 Å². The molecule has 0 N–H and O–H groups in total. The first kappa shape index (κ1) is 18.7. The van der Waals surface area contributed by atoms with E-state index in [4.69, 9.17) is 32.7 Å². The second-order valence-electron chi connectivity index (χ2n) is 6.37. The highest BCUT2D eigenvalue weighted by molar-refractivity contribution is 6.61. The highest BCUT2D eigenvalue weighted by Gasteiger charge is 2.23. The lowest BCUT2D eigenvalue weighted by Crippen LogP contribution is -2.12. The van der Waals surface area contributed by atoms with Crippen molar-refractivity contribution in [3.8, 4) is 11.5 Å². The lowest BCUT2D eigenvalue weighted by Gasteiger charge is -2.29. The fraction of sp³-hybridized carbons (Fsp3) is 0.300. The van der Waals surface area contributed by atoms with Crippen molar-refractivity contribution in [2.75, 3.05) is 0 Å². The van der Waals surface area contributed by atoms with Crippen LogP contribution in [0.1, 0.15) is 48.6 Å². The third kappa shape index (κ3) is 4.99. The van der Waals surface area contributed by atoms with E-state index < -0.39 is 10.9 Å². The Morgan fingerprint density at radius 1 is 0.654 bits per heavy atom. The summed E-state index contributed by atoms with van der Waals surface area (Å²) in [6.07, 6.45) is 4.38. The van der Waals surface area contributed by atoms with Gasteiger partial charge in [-0.25, -0.2) is 9.59 Å². The standard InChI is InChI=1S/C20H18Cl2O4/c21-19(23)25-17-9-5-15(6-10-17)13-1-2-14(4-3-13)16-7-11-18(12-8-16)26-20(22)24/h5-14H,1-4H2. The predicted octanol–water partition coefficient (Wildman–Crippen LogP) is 6.60. The molecule has 0 spiro atoms. The van der Waals surface area contributed by atoms with Crippen molar-refractivity contribution in [3.63, 3.8) is 0 Å². The Kier molecular flexibility index (Phi) is 6.17. The molecule has 1 saturated carbocycles. The van der Waals surface area contributed by atoms with Gasteiger partial charge < -0.3 is 9.47 Å². The Hall–Kier alpha value is -2.04. The molecule has 4 nitrogen and oxygen atoms in total. The smallest absolute Gasteiger partial charge is 0.409 e. The van der Waals surface area contributed by atoms with Crippen molar-refractivity contribution in [1.29, 1.82) is 0 Å². The van der Waals surface area contributed by atoms with Crippen molar-refractivity contribution in [2.45, 2.75) is 37.5 Å². The first-order valence-corrected chi connectivity index (χ1v) is 9.21. The van der Waals surface area contributed by atoms with Gasteiger partial charge in [0.15, 0.2) is 0 Å². The summed E-state index contributed by atoms with van der Waals surface area (Å²) in [6.45, 7) is 0. The highest BCUT2D eigenvalue weighted by Crippen LogP contribution is 2.41. The van der Waals surface area contributed by atoms with Crippen molar-refractivity contribution in [2.24, 2.45) is 0 Å². The van der Waals surface area contributed by atoms with Gasteiger partial charge in [-0.15, -0.1) is 0 Å². The Labute approximate surface area is 162 Å². The van der Waals surface area contributed by atoms with Gasteiger partial charge in [-0.2, -0.15) is 0 Å². The molecule has 6 heteroatoms. The Balaban J connectivity index is 1.57. The number of carbonyl (C=O) groups is 2. The minimum atomic E-state index is -0.829. The maximum absolute atomic E-state index is 10.8. The molecule has 1 aliphatic rings. The fourth-order valence-electron chi connectivity index (χ4n) is 3.56. The van der Waals surface area contributed by atoms with E-state index in [1.807, 2.05) is 24.3 Å². The average molecular weight is 393 g/mol. The van der Waals surface area contributed by atoms with Gasteiger partial charge in [-0.3, -0.25) is 0 Å². The third-order valence-electron chi connectivity index (χ3n) is 4.83. The molecule has 0 amide bonds. The predicted molar refractivity (Wildman–Crippen MR) is 101 cm³/mol. The zero-order valence-corrected chi connectivity index (χ0v) is 15.5. The van der Waals surface area contributed by atoms with E-state index in [0.717, 1.165) is 25.7 Å². The molecule has 0 aromatic heterocycles. The van der Waals surface area contributed by atoms with Gasteiger partial charge in [0.25, 0.3) is 0 Å². The van der Waals surface area contributed by atoms with Crippen LogP contribution in [0.15, 0.2) is 48.5 Å². The van der Waals surface area contributed by atoms with Crippen LogP contribution < -0.4 is 9.47 Å². The van der Waals surface area contributed by atoms with E-state index in [9.17, 15) is 9.59 Å². The molecule has 0 radical (unpaired) electrons. The molecule has 2 aromatic carbocycles. The number of rotatable bonds is 4. The van der Waals surface area contributed by atoms with Gasteiger partial charge in [-0.05, 0) is 72.9 Å². The monoisotopic (exact) mass is 392 g/mol. The van der Waals surface area contributed by atoms with E-state index in [0.29, 0.717) is 23.3 Å². The van der Waals surface area contributed by atoms with E-state index in [1.54, 1.807) is 24.3 Å². The Morgan fingerprint density at radius 2 is 0.962 bits per heavy atom. The zero-order chi connectivity index (χ0) is 18.5. The van der Waals surface area contributed by atoms with Crippen molar-refractivity contribution in [1.82, 2.24) is 0 Å². The molecule has 0 unspecified atom stereocenters. The van der Waals surface area contributed by atoms with Crippen molar-refractivity contribution < 1.29 is 19.1 Å². The molecule has 0 saturated heterocycles. The fourth-order valence-corrected chi connectivity index (χ4v) is 3.74. The van der Waals surface area contributed by atoms with Crippen LogP contribution in [0.25, 0.3) is 0 Å². The number of benzene rings is 2. The first-order valence-electron chi connectivity index (χ1n) is 8.46. The largest absolute Gasteiger partial charge is 0.415 e. The van der Waals surface area contributed by atoms with Crippen LogP contribution in [0, 0.1) is 0 Å². The topological polar surface area (TPSA) is 52.6 Å². The van der Waals surface area contributed by atoms with Crippen LogP contribution in [0.5, 0.6) is 11.5 Å². The van der Waals surface area contributed by atoms with Crippen LogP contribution in [-0.4, -0.2) is 10.9 Å². The number of halogens is 2. The maximum Gasteiger partial charge on any atom is 0.409 e. The summed E-state index contributed by atoms with van der Waals surface area (Å²) in [6, 6.07) is 15.1. The number of hydrogen-bond donors (Lipinski definition) is 0. The lowest BCUT2D eigenvalue weighted by atomic mass is 9.76. The molecule has 136 valence electrons. The van der Waals surface area contributed by atoms with Crippen LogP contribution in [0.3, 0.4) is 0 Å². The summed E-state index contributed by atoms with van der Waals surface area (Å²) in [7, 11) is 0. The average Bonchev–Trinajstić information content (AvgIpc) is 2.62. The van der Waals surface area contributed by atoms with Crippen LogP contribution in [0.4, 0.5) is 9.59 Å². The number of ether oxygens (including phenoxy) is 2. The minimum absolute atomic E-state index is 0.458. The molecular weight excluding hydrogens is 375 g/mol. The summed E-state index contributed by atoms with van der Waals surface area (Å²) < 4.78 is 9.70. The van der Waals surface area contributed by atoms with Gasteiger partial charge in [0.2, 0.25) is 0 Å². The summed E-state index contributed by atoms with van der Waals surface area (Å²) >= 11 is 10.4. The molecule has 3 rings (SSSR count). The molecule has 0 heterocycles. The second-order valence-corrected chi connectivity index (χ2v) is 6.98. The summed E-state index contributed by atoms with van der Waals surface area (Å²) in [5, 5.41) is 0. The molecule has 2 aromatic rings. The minimum Gasteiger partial charge on any atom is -0.415 e. The van der Waals surface area contributed by atoms with Crippen LogP contribution in [0.2, 0.25) is 0 Å². The van der Waals surface area contributed by atoms with Crippen molar-refractivity contribution in [3.05, 3.63) is 59.7 Å². The second kappa shape index (κ2) is 8.56. The first-order chi connectivity index (χ1) is 12.5. The Bertz CT molecular complexity index is 696. The zero-order valence-electron chi connectivity index (χ0n) is 14.0. The third-order valence-corrected chi connectivity index (χ3v) is 4.98. The maximum atomic E-state index is 10.8. The normalized spacial score (nSPS) is 19.6. The van der Waals surface area contributed by atoms with E-state index in [1.165, 1.54) is 11.1 Å². The molecule has 0 atom stereocenters. The van der Waals surface area contributed by atoms with E-state index in [-0.39, 0.29) is 0 Å².